The molecule has 2 atom stereocenters. The van der Waals surface area contributed by atoms with Crippen LogP contribution in [0.3, 0.4) is 0 Å². The first-order valence-electron chi connectivity index (χ1n) is 11.1. The van der Waals surface area contributed by atoms with E-state index in [9.17, 15) is 23.2 Å². The van der Waals surface area contributed by atoms with Crippen LogP contribution in [0.25, 0.3) is 0 Å². The van der Waals surface area contributed by atoms with E-state index in [1.54, 1.807) is 30.9 Å². The number of pyridine rings is 2. The molecular weight excluding hydrogens is 461 g/mol. The van der Waals surface area contributed by atoms with Gasteiger partial charge in [0.2, 0.25) is 5.91 Å². The number of rotatable bonds is 6. The Morgan fingerprint density at radius 3 is 2.60 bits per heavy atom. The standard InChI is InChI=1S/C25H25F3N4O3/c1-16-13-18(9-11-32(16)34)22-15-31(12-10-25(22,27)28)17(2)24(33)30-23-8-7-21(14-29-23)35-20-5-3-19(26)4-6-20/h3-9,11,13-14,17,22H,10,12,15H2,1-2H3,(H,29,30,33)/t17?,22-/m1/s1. The number of benzene rings is 1. The van der Waals surface area contributed by atoms with Crippen LogP contribution in [0.5, 0.6) is 11.5 Å². The number of nitrogens with zero attached hydrogens (tertiary/aromatic N) is 3. The second-order valence-electron chi connectivity index (χ2n) is 8.59. The second-order valence-corrected chi connectivity index (χ2v) is 8.59. The van der Waals surface area contributed by atoms with Gasteiger partial charge in [-0.15, -0.1) is 0 Å². The normalized spacial score (nSPS) is 18.6. The van der Waals surface area contributed by atoms with Crippen molar-refractivity contribution in [1.29, 1.82) is 0 Å². The topological polar surface area (TPSA) is 81.4 Å². The SMILES string of the molecule is Cc1cc([C@H]2CN(C(C)C(=O)Nc3ccc(Oc4ccc(F)cc4)cn3)CCC2(F)F)cc[n+]1[O-]. The predicted octanol–water partition coefficient (Wildman–Crippen LogP) is 4.41. The summed E-state index contributed by atoms with van der Waals surface area (Å²) in [5.41, 5.74) is 0.703. The highest BCUT2D eigenvalue weighted by atomic mass is 19.3. The summed E-state index contributed by atoms with van der Waals surface area (Å²) >= 11 is 0. The number of likely N-dealkylation sites (tertiary alicyclic amines) is 1. The Labute approximate surface area is 200 Å². The molecule has 184 valence electrons. The molecule has 0 radical (unpaired) electrons. The molecular formula is C25H25F3N4O3. The lowest BCUT2D eigenvalue weighted by molar-refractivity contribution is -0.612. The molecule has 7 nitrogen and oxygen atoms in total. The van der Waals surface area contributed by atoms with E-state index in [2.05, 4.69) is 10.3 Å². The van der Waals surface area contributed by atoms with Crippen LogP contribution in [-0.2, 0) is 4.79 Å². The van der Waals surface area contributed by atoms with Crippen LogP contribution in [0, 0.1) is 17.9 Å². The van der Waals surface area contributed by atoms with Gasteiger partial charge < -0.3 is 15.3 Å². The van der Waals surface area contributed by atoms with E-state index in [0.29, 0.717) is 27.5 Å². The van der Waals surface area contributed by atoms with Crippen LogP contribution >= 0.6 is 0 Å². The summed E-state index contributed by atoms with van der Waals surface area (Å²) in [4.78, 5) is 18.7. The number of anilines is 1. The van der Waals surface area contributed by atoms with Gasteiger partial charge >= 0.3 is 0 Å². The average Bonchev–Trinajstić information content (AvgIpc) is 2.83. The Morgan fingerprint density at radius 2 is 1.94 bits per heavy atom. The van der Waals surface area contributed by atoms with E-state index in [1.165, 1.54) is 48.8 Å². The molecule has 1 aromatic carbocycles. The molecule has 4 rings (SSSR count). The largest absolute Gasteiger partial charge is 0.619 e. The lowest BCUT2D eigenvalue weighted by Gasteiger charge is -2.40. The fourth-order valence-corrected chi connectivity index (χ4v) is 4.02. The second kappa shape index (κ2) is 9.91. The number of piperidine rings is 1. The Balaban J connectivity index is 1.39. The van der Waals surface area contributed by atoms with Gasteiger partial charge in [0.1, 0.15) is 23.1 Å². The molecule has 0 saturated carbocycles. The number of hydrogen-bond donors (Lipinski definition) is 1. The number of carbonyl (C=O) groups is 1. The van der Waals surface area contributed by atoms with Crippen molar-refractivity contribution in [3.8, 4) is 11.5 Å². The number of nitrogens with one attached hydrogen (secondary N) is 1. The number of amides is 1. The molecule has 1 amide bonds. The third-order valence-electron chi connectivity index (χ3n) is 6.15. The molecule has 1 N–H and O–H groups in total. The number of ether oxygens (including phenoxy) is 1. The molecule has 0 aliphatic carbocycles. The van der Waals surface area contributed by atoms with Crippen LogP contribution in [-0.4, -0.2) is 40.8 Å². The fourth-order valence-electron chi connectivity index (χ4n) is 4.02. The highest BCUT2D eigenvalue weighted by Crippen LogP contribution is 2.40. The summed E-state index contributed by atoms with van der Waals surface area (Å²) in [6.07, 6.45) is 2.25. The van der Waals surface area contributed by atoms with E-state index in [0.717, 1.165) is 0 Å². The van der Waals surface area contributed by atoms with Crippen molar-refractivity contribution in [2.75, 3.05) is 18.4 Å². The molecule has 1 fully saturated rings. The molecule has 10 heteroatoms. The number of aromatic nitrogens is 2. The van der Waals surface area contributed by atoms with Gasteiger partial charge in [0, 0.05) is 38.6 Å². The van der Waals surface area contributed by atoms with Crippen LogP contribution in [0.2, 0.25) is 0 Å². The number of carbonyl (C=O) groups excluding carboxylic acids is 1. The van der Waals surface area contributed by atoms with Crippen molar-refractivity contribution < 1.29 is 27.4 Å². The maximum atomic E-state index is 14.7. The fraction of sp³-hybridized carbons (Fsp3) is 0.320. The van der Waals surface area contributed by atoms with Crippen molar-refractivity contribution in [3.63, 3.8) is 0 Å². The molecule has 0 spiro atoms. The van der Waals surface area contributed by atoms with Crippen LogP contribution in [0.1, 0.15) is 30.5 Å². The van der Waals surface area contributed by atoms with Crippen LogP contribution in [0.4, 0.5) is 19.0 Å². The minimum Gasteiger partial charge on any atom is -0.619 e. The number of halogens is 3. The van der Waals surface area contributed by atoms with Crippen molar-refractivity contribution in [2.45, 2.75) is 38.2 Å². The first-order valence-corrected chi connectivity index (χ1v) is 11.1. The Kier molecular flexibility index (Phi) is 6.93. The van der Waals surface area contributed by atoms with Gasteiger partial charge in [-0.05, 0) is 48.9 Å². The quantitative estimate of drug-likeness (QED) is 0.413. The molecule has 1 aliphatic rings. The summed E-state index contributed by atoms with van der Waals surface area (Å²) < 4.78 is 48.7. The lowest BCUT2D eigenvalue weighted by Crippen LogP contribution is -2.52. The first kappa shape index (κ1) is 24.5. The Hall–Kier alpha value is -3.66. The van der Waals surface area contributed by atoms with Crippen molar-refractivity contribution >= 4 is 11.7 Å². The molecule has 1 unspecified atom stereocenters. The molecule has 2 aromatic heterocycles. The molecule has 1 saturated heterocycles. The van der Waals surface area contributed by atoms with Crippen molar-refractivity contribution in [3.05, 3.63) is 83.2 Å². The van der Waals surface area contributed by atoms with Gasteiger partial charge in [-0.2, -0.15) is 4.73 Å². The van der Waals surface area contributed by atoms with Crippen molar-refractivity contribution in [1.82, 2.24) is 9.88 Å². The zero-order valence-electron chi connectivity index (χ0n) is 19.2. The molecule has 1 aliphatic heterocycles. The Bertz CT molecular complexity index is 1190. The molecule has 3 heterocycles. The van der Waals surface area contributed by atoms with E-state index >= 15 is 0 Å². The van der Waals surface area contributed by atoms with Gasteiger partial charge in [0.25, 0.3) is 5.92 Å². The summed E-state index contributed by atoms with van der Waals surface area (Å²) in [7, 11) is 0. The van der Waals surface area contributed by atoms with Gasteiger partial charge in [-0.3, -0.25) is 9.69 Å². The number of alkyl halides is 2. The van der Waals surface area contributed by atoms with Gasteiger partial charge in [0.15, 0.2) is 11.9 Å². The van der Waals surface area contributed by atoms with E-state index in [1.807, 2.05) is 0 Å². The maximum absolute atomic E-state index is 14.7. The minimum atomic E-state index is -2.95. The third kappa shape index (κ3) is 5.71. The number of hydrogen-bond acceptors (Lipinski definition) is 5. The summed E-state index contributed by atoms with van der Waals surface area (Å²) in [5, 5.41) is 14.3. The molecule has 0 bridgehead atoms. The zero-order valence-corrected chi connectivity index (χ0v) is 19.2. The minimum absolute atomic E-state index is 0.0260. The molecule has 3 aromatic rings. The Morgan fingerprint density at radius 1 is 1.23 bits per heavy atom. The summed E-state index contributed by atoms with van der Waals surface area (Å²) in [5.74, 6) is -3.71. The number of aryl methyl sites for hydroxylation is 1. The van der Waals surface area contributed by atoms with Gasteiger partial charge in [-0.1, -0.05) is 0 Å². The van der Waals surface area contributed by atoms with Crippen LogP contribution < -0.4 is 14.8 Å². The third-order valence-corrected chi connectivity index (χ3v) is 6.15. The lowest BCUT2D eigenvalue weighted by atomic mass is 9.86. The monoisotopic (exact) mass is 486 g/mol. The van der Waals surface area contributed by atoms with Crippen LogP contribution in [0.15, 0.2) is 60.9 Å². The van der Waals surface area contributed by atoms with E-state index in [4.69, 9.17) is 4.74 Å². The molecule has 35 heavy (non-hydrogen) atoms. The first-order chi connectivity index (χ1) is 16.6. The zero-order chi connectivity index (χ0) is 25.2. The van der Waals surface area contributed by atoms with Gasteiger partial charge in [-0.25, -0.2) is 18.2 Å². The highest BCUT2D eigenvalue weighted by Gasteiger charge is 2.46. The highest BCUT2D eigenvalue weighted by molar-refractivity contribution is 5.93. The van der Waals surface area contributed by atoms with E-state index in [-0.39, 0.29) is 30.6 Å². The van der Waals surface area contributed by atoms with Gasteiger partial charge in [0.05, 0.1) is 18.2 Å². The predicted molar refractivity (Wildman–Crippen MR) is 123 cm³/mol. The summed E-state index contributed by atoms with van der Waals surface area (Å²) in [6, 6.07) is 10.9. The van der Waals surface area contributed by atoms with Crippen molar-refractivity contribution in [2.24, 2.45) is 0 Å². The van der Waals surface area contributed by atoms with E-state index < -0.39 is 24.3 Å². The average molecular weight is 486 g/mol. The maximum Gasteiger partial charge on any atom is 0.257 e. The smallest absolute Gasteiger partial charge is 0.257 e. The summed E-state index contributed by atoms with van der Waals surface area (Å²) in [6.45, 7) is 3.25.